The van der Waals surface area contributed by atoms with Crippen LogP contribution in [-0.2, 0) is 4.79 Å². The molecular formula is C4H7ClF6NOP. The van der Waals surface area contributed by atoms with Crippen LogP contribution in [0.5, 0.6) is 0 Å². The van der Waals surface area contributed by atoms with Crippen LogP contribution in [0.25, 0.3) is 0 Å². The second-order valence-corrected chi connectivity index (χ2v) is 4.87. The van der Waals surface area contributed by atoms with Crippen molar-refractivity contribution < 1.29 is 31.4 Å². The molecule has 0 aromatic carbocycles. The smallest absolute Gasteiger partial charge is 0.274 e. The minimum absolute atomic E-state index is 0. The standard InChI is InChI=1S/C4H6ClNO.F6P/c5-6-3-1-2-4(6)7;1-7(2,3,4,5)6/h1-3H2;/q;-1/p+1. The summed E-state index contributed by atoms with van der Waals surface area (Å²) in [5.41, 5.74) is 0. The van der Waals surface area contributed by atoms with Crippen molar-refractivity contribution in [3.8, 4) is 0 Å². The number of carbonyl (C=O) groups excluding carboxylic acids is 1. The van der Waals surface area contributed by atoms with Crippen LogP contribution in [0, 0.1) is 0 Å². The van der Waals surface area contributed by atoms with Gasteiger partial charge in [0.25, 0.3) is 0 Å². The Hall–Kier alpha value is -0.230. The molecule has 2 nitrogen and oxygen atoms in total. The van der Waals surface area contributed by atoms with Crippen molar-refractivity contribution in [1.29, 1.82) is 0 Å². The van der Waals surface area contributed by atoms with Gasteiger partial charge in [0, 0.05) is 24.7 Å². The van der Waals surface area contributed by atoms with Crippen LogP contribution >= 0.6 is 19.6 Å². The van der Waals surface area contributed by atoms with E-state index in [0.29, 0.717) is 6.42 Å². The molecule has 0 spiro atoms. The first-order chi connectivity index (χ1) is 5.75. The third-order valence-electron chi connectivity index (χ3n) is 1.02. The maximum Gasteiger partial charge on any atom is 1.00 e. The number of nitrogens with zero attached hydrogens (tertiary/aromatic N) is 1. The van der Waals surface area contributed by atoms with Crippen molar-refractivity contribution in [3.63, 3.8) is 0 Å². The maximum absolute atomic E-state index is 10.7. The first kappa shape index (κ1) is 13.8. The van der Waals surface area contributed by atoms with Crippen LogP contribution in [0.2, 0.25) is 0 Å². The molecule has 88 valence electrons. The van der Waals surface area contributed by atoms with Crippen LogP contribution < -0.4 is 0 Å². The summed E-state index contributed by atoms with van der Waals surface area (Å²) in [4.78, 5) is 10.4. The Balaban J connectivity index is 0. The molecule has 14 heavy (non-hydrogen) atoms. The quantitative estimate of drug-likeness (QED) is 0.364. The zero-order chi connectivity index (χ0) is 11.7. The fourth-order valence-corrected chi connectivity index (χ4v) is 0.819. The summed E-state index contributed by atoms with van der Waals surface area (Å²) in [6.07, 6.45) is 1.55. The van der Waals surface area contributed by atoms with Crippen LogP contribution in [-0.4, -0.2) is 16.9 Å². The van der Waals surface area contributed by atoms with E-state index in [-0.39, 0.29) is 7.33 Å². The van der Waals surface area contributed by atoms with Gasteiger partial charge in [-0.1, -0.05) is 0 Å². The van der Waals surface area contributed by atoms with Crippen molar-refractivity contribution >= 4 is 25.5 Å². The van der Waals surface area contributed by atoms with Crippen LogP contribution in [0.1, 0.15) is 14.3 Å². The Kier molecular flexibility index (Phi) is 3.08. The van der Waals surface area contributed by atoms with E-state index in [4.69, 9.17) is 11.8 Å². The summed E-state index contributed by atoms with van der Waals surface area (Å²) < 4.78 is 60.4. The average molecular weight is 266 g/mol. The van der Waals surface area contributed by atoms with E-state index >= 15 is 0 Å². The Morgan fingerprint density at radius 2 is 1.57 bits per heavy atom. The van der Waals surface area contributed by atoms with E-state index in [1.807, 2.05) is 0 Å². The predicted molar refractivity (Wildman–Crippen MR) is 41.5 cm³/mol. The minimum Gasteiger partial charge on any atom is -0.274 e. The molecule has 1 fully saturated rings. The summed E-state index contributed by atoms with van der Waals surface area (Å²) in [5, 5.41) is 0. The molecule has 0 unspecified atom stereocenters. The molecule has 0 bridgehead atoms. The molecule has 1 rings (SSSR count). The summed E-state index contributed by atoms with van der Waals surface area (Å²) in [6.45, 7) is 0.723. The van der Waals surface area contributed by atoms with Gasteiger partial charge < -0.3 is 0 Å². The number of rotatable bonds is 0. The summed E-state index contributed by atoms with van der Waals surface area (Å²) in [6, 6.07) is 0. The number of hydrogen-bond donors (Lipinski definition) is 0. The van der Waals surface area contributed by atoms with E-state index in [0.717, 1.165) is 13.0 Å². The van der Waals surface area contributed by atoms with E-state index in [1.54, 1.807) is 0 Å². The Morgan fingerprint density at radius 1 is 1.21 bits per heavy atom. The Labute approximate surface area is 81.6 Å². The SMILES string of the molecule is F[P-](F)(F)(F)(F)F.O=C1CCCN1Cl.[H+]. The third-order valence-corrected chi connectivity index (χ3v) is 1.37. The predicted octanol–water partition coefficient (Wildman–Crippen LogP) is 4.26. The summed E-state index contributed by atoms with van der Waals surface area (Å²) >= 11 is 5.35. The fraction of sp³-hybridized carbons (Fsp3) is 0.750. The zero-order valence-electron chi connectivity index (χ0n) is 7.57. The van der Waals surface area contributed by atoms with Crippen molar-refractivity contribution in [1.82, 2.24) is 4.42 Å². The van der Waals surface area contributed by atoms with E-state index in [1.165, 1.54) is 4.42 Å². The first-order valence-electron chi connectivity index (χ1n) is 3.28. The zero-order valence-corrected chi connectivity index (χ0v) is 8.22. The van der Waals surface area contributed by atoms with Gasteiger partial charge in [0.05, 0.1) is 0 Å². The molecule has 0 radical (unpaired) electrons. The van der Waals surface area contributed by atoms with Gasteiger partial charge in [-0.05, 0) is 6.42 Å². The number of carbonyl (C=O) groups is 1. The van der Waals surface area contributed by atoms with Gasteiger partial charge in [-0.3, -0.25) is 9.21 Å². The first-order valence-corrected chi connectivity index (χ1v) is 5.65. The van der Waals surface area contributed by atoms with Crippen molar-refractivity contribution in [3.05, 3.63) is 0 Å². The maximum atomic E-state index is 10.4. The normalized spacial score (nSPS) is 22.2. The fourth-order valence-electron chi connectivity index (χ4n) is 0.615. The van der Waals surface area contributed by atoms with Crippen molar-refractivity contribution in [2.24, 2.45) is 0 Å². The molecular weight excluding hydrogens is 258 g/mol. The molecule has 1 aliphatic heterocycles. The van der Waals surface area contributed by atoms with E-state index in [9.17, 15) is 30.0 Å². The van der Waals surface area contributed by atoms with E-state index in [2.05, 4.69) is 0 Å². The third kappa shape index (κ3) is 14.3. The number of hydrogen-bond acceptors (Lipinski definition) is 1. The second kappa shape index (κ2) is 3.13. The van der Waals surface area contributed by atoms with Crippen LogP contribution in [0.15, 0.2) is 0 Å². The van der Waals surface area contributed by atoms with Crippen molar-refractivity contribution in [2.75, 3.05) is 6.54 Å². The molecule has 1 amide bonds. The molecule has 0 aromatic rings. The topological polar surface area (TPSA) is 20.3 Å². The molecule has 0 aliphatic carbocycles. The molecule has 10 heteroatoms. The van der Waals surface area contributed by atoms with Gasteiger partial charge >= 0.3 is 34.4 Å². The molecule has 1 aliphatic rings. The molecule has 0 N–H and O–H groups in total. The minimum atomic E-state index is -10.7. The molecule has 1 saturated heterocycles. The summed E-state index contributed by atoms with van der Waals surface area (Å²) in [7, 11) is -10.7. The van der Waals surface area contributed by atoms with Crippen LogP contribution in [0.4, 0.5) is 25.2 Å². The van der Waals surface area contributed by atoms with Gasteiger partial charge in [-0.2, -0.15) is 0 Å². The van der Waals surface area contributed by atoms with Crippen LogP contribution in [0.3, 0.4) is 0 Å². The van der Waals surface area contributed by atoms with Crippen molar-refractivity contribution in [2.45, 2.75) is 12.8 Å². The van der Waals surface area contributed by atoms with E-state index < -0.39 is 7.81 Å². The monoisotopic (exact) mass is 265 g/mol. The molecule has 0 saturated carbocycles. The second-order valence-electron chi connectivity index (χ2n) is 2.54. The number of amides is 1. The number of halogens is 7. The molecule has 1 heterocycles. The largest absolute Gasteiger partial charge is 1.00 e. The average Bonchev–Trinajstić information content (AvgIpc) is 2.07. The van der Waals surface area contributed by atoms with Gasteiger partial charge in [0.2, 0.25) is 5.91 Å². The summed E-state index contributed by atoms with van der Waals surface area (Å²) in [5.74, 6) is 0.0571. The Bertz CT molecular complexity index is 229. The van der Waals surface area contributed by atoms with Gasteiger partial charge in [0.15, 0.2) is 0 Å². The van der Waals surface area contributed by atoms with Gasteiger partial charge in [0.1, 0.15) is 0 Å². The van der Waals surface area contributed by atoms with Gasteiger partial charge in [-0.25, -0.2) is 0 Å². The van der Waals surface area contributed by atoms with Gasteiger partial charge in [-0.15, -0.1) is 0 Å². The Morgan fingerprint density at radius 3 is 1.64 bits per heavy atom. The molecule has 0 aromatic heterocycles. The molecule has 0 atom stereocenters.